The van der Waals surface area contributed by atoms with Crippen LogP contribution in [0.15, 0.2) is 18.2 Å². The number of anilines is 2. The summed E-state index contributed by atoms with van der Waals surface area (Å²) in [4.78, 5) is 11.3. The smallest absolute Gasteiger partial charge is 0.262 e. The van der Waals surface area contributed by atoms with Gasteiger partial charge in [0.1, 0.15) is 5.75 Å². The van der Waals surface area contributed by atoms with Crippen LogP contribution >= 0.6 is 11.8 Å². The number of carbonyl (C=O) groups is 1. The predicted octanol–water partition coefficient (Wildman–Crippen LogP) is 2.32. The summed E-state index contributed by atoms with van der Waals surface area (Å²) in [7, 11) is 0. The van der Waals surface area contributed by atoms with Gasteiger partial charge in [0.25, 0.3) is 5.91 Å². The van der Waals surface area contributed by atoms with Crippen molar-refractivity contribution in [3.63, 3.8) is 0 Å². The Morgan fingerprint density at radius 2 is 2.39 bits per heavy atom. The largest absolute Gasteiger partial charge is 0.482 e. The van der Waals surface area contributed by atoms with Gasteiger partial charge in [-0.15, -0.1) is 0 Å². The predicted molar refractivity (Wildman–Crippen MR) is 74.5 cm³/mol. The van der Waals surface area contributed by atoms with E-state index < -0.39 is 0 Å². The van der Waals surface area contributed by atoms with Crippen LogP contribution in [0.2, 0.25) is 0 Å². The number of rotatable bonds is 2. The summed E-state index contributed by atoms with van der Waals surface area (Å²) in [5, 5.41) is 6.35. The monoisotopic (exact) mass is 264 g/mol. The Labute approximate surface area is 110 Å². The lowest BCUT2D eigenvalue weighted by molar-refractivity contribution is -0.118. The van der Waals surface area contributed by atoms with E-state index in [0.717, 1.165) is 22.9 Å². The maximum atomic E-state index is 11.3. The Kier molecular flexibility index (Phi) is 3.32. The summed E-state index contributed by atoms with van der Waals surface area (Å²) < 4.78 is 5.34. The van der Waals surface area contributed by atoms with E-state index >= 15 is 0 Å². The lowest BCUT2D eigenvalue weighted by atomic mass is 10.1. The summed E-state index contributed by atoms with van der Waals surface area (Å²) in [6.45, 7) is 0.110. The topological polar surface area (TPSA) is 50.4 Å². The Bertz CT molecular complexity index is 458. The second-order valence-corrected chi connectivity index (χ2v) is 5.76. The zero-order chi connectivity index (χ0) is 12.4. The van der Waals surface area contributed by atoms with Crippen molar-refractivity contribution < 1.29 is 9.53 Å². The van der Waals surface area contributed by atoms with E-state index in [1.165, 1.54) is 18.6 Å². The highest BCUT2D eigenvalue weighted by Crippen LogP contribution is 2.31. The molecule has 1 atom stereocenters. The Hall–Kier alpha value is -1.36. The van der Waals surface area contributed by atoms with E-state index in [0.29, 0.717) is 6.04 Å². The lowest BCUT2D eigenvalue weighted by Crippen LogP contribution is -2.27. The first kappa shape index (κ1) is 11.7. The van der Waals surface area contributed by atoms with Gasteiger partial charge in [0.05, 0.1) is 5.69 Å². The quantitative estimate of drug-likeness (QED) is 0.860. The van der Waals surface area contributed by atoms with Crippen molar-refractivity contribution in [2.75, 3.05) is 28.7 Å². The van der Waals surface area contributed by atoms with Gasteiger partial charge >= 0.3 is 0 Å². The van der Waals surface area contributed by atoms with Crippen LogP contribution in [0.1, 0.15) is 12.8 Å². The van der Waals surface area contributed by atoms with E-state index in [9.17, 15) is 4.79 Å². The van der Waals surface area contributed by atoms with Crippen molar-refractivity contribution in [1.82, 2.24) is 0 Å². The third-order valence-electron chi connectivity index (χ3n) is 3.14. The van der Waals surface area contributed by atoms with Gasteiger partial charge < -0.3 is 15.4 Å². The molecule has 0 aliphatic carbocycles. The number of hydrogen-bond acceptors (Lipinski definition) is 4. The Balaban J connectivity index is 1.73. The van der Waals surface area contributed by atoms with Gasteiger partial charge in [-0.3, -0.25) is 4.79 Å². The highest BCUT2D eigenvalue weighted by atomic mass is 32.2. The normalized spacial score (nSPS) is 22.7. The first-order valence-electron chi connectivity index (χ1n) is 6.22. The van der Waals surface area contributed by atoms with Crippen molar-refractivity contribution in [3.05, 3.63) is 18.2 Å². The second kappa shape index (κ2) is 5.10. The number of nitrogens with one attached hydrogen (secondary N) is 2. The van der Waals surface area contributed by atoms with Crippen LogP contribution in [0.5, 0.6) is 5.75 Å². The average molecular weight is 264 g/mol. The number of amides is 1. The molecule has 2 aliphatic heterocycles. The van der Waals surface area contributed by atoms with Gasteiger partial charge in [-0.2, -0.15) is 11.8 Å². The van der Waals surface area contributed by atoms with E-state index in [2.05, 4.69) is 10.6 Å². The number of thioether (sulfide) groups is 1. The molecule has 18 heavy (non-hydrogen) atoms. The molecule has 1 unspecified atom stereocenters. The molecule has 2 heterocycles. The van der Waals surface area contributed by atoms with Crippen LogP contribution < -0.4 is 15.4 Å². The first-order valence-corrected chi connectivity index (χ1v) is 7.38. The molecule has 0 radical (unpaired) electrons. The number of benzene rings is 1. The van der Waals surface area contributed by atoms with Crippen LogP contribution in [0, 0.1) is 0 Å². The van der Waals surface area contributed by atoms with Crippen LogP contribution in [0.3, 0.4) is 0 Å². The maximum Gasteiger partial charge on any atom is 0.262 e. The minimum absolute atomic E-state index is 0.0899. The lowest BCUT2D eigenvalue weighted by Gasteiger charge is -2.25. The first-order chi connectivity index (χ1) is 8.81. The molecule has 0 saturated carbocycles. The molecule has 96 valence electrons. The summed E-state index contributed by atoms with van der Waals surface area (Å²) in [6.07, 6.45) is 2.49. The van der Waals surface area contributed by atoms with Gasteiger partial charge in [-0.25, -0.2) is 0 Å². The van der Waals surface area contributed by atoms with Gasteiger partial charge in [-0.05, 0) is 36.8 Å². The molecular weight excluding hydrogens is 248 g/mol. The van der Waals surface area contributed by atoms with Crippen LogP contribution in [-0.4, -0.2) is 30.1 Å². The summed E-state index contributed by atoms with van der Waals surface area (Å²) >= 11 is 1.99. The third kappa shape index (κ3) is 2.56. The fraction of sp³-hybridized carbons (Fsp3) is 0.462. The highest BCUT2D eigenvalue weighted by Gasteiger charge is 2.17. The van der Waals surface area contributed by atoms with E-state index in [4.69, 9.17) is 4.74 Å². The van der Waals surface area contributed by atoms with Crippen molar-refractivity contribution in [2.24, 2.45) is 0 Å². The van der Waals surface area contributed by atoms with Gasteiger partial charge in [0.15, 0.2) is 6.61 Å². The molecule has 1 fully saturated rings. The van der Waals surface area contributed by atoms with E-state index in [1.807, 2.05) is 30.0 Å². The molecule has 0 spiro atoms. The zero-order valence-corrected chi connectivity index (χ0v) is 10.9. The molecule has 4 nitrogen and oxygen atoms in total. The fourth-order valence-electron chi connectivity index (χ4n) is 2.26. The number of carbonyl (C=O) groups excluding carboxylic acids is 1. The average Bonchev–Trinajstić information content (AvgIpc) is 2.39. The number of hydrogen-bond donors (Lipinski definition) is 2. The van der Waals surface area contributed by atoms with E-state index in [1.54, 1.807) is 0 Å². The van der Waals surface area contributed by atoms with Crippen LogP contribution in [0.4, 0.5) is 11.4 Å². The second-order valence-electron chi connectivity index (χ2n) is 4.61. The van der Waals surface area contributed by atoms with Crippen molar-refractivity contribution in [2.45, 2.75) is 18.9 Å². The molecule has 0 aromatic heterocycles. The molecule has 3 rings (SSSR count). The highest BCUT2D eigenvalue weighted by molar-refractivity contribution is 7.99. The van der Waals surface area contributed by atoms with Gasteiger partial charge in [-0.1, -0.05) is 0 Å². The van der Waals surface area contributed by atoms with Crippen LogP contribution in [0.25, 0.3) is 0 Å². The molecule has 5 heteroatoms. The van der Waals surface area contributed by atoms with E-state index in [-0.39, 0.29) is 12.5 Å². The SMILES string of the molecule is O=C1COc2ccc(NC3CCCSC3)cc2N1. The zero-order valence-electron chi connectivity index (χ0n) is 10.1. The maximum absolute atomic E-state index is 11.3. The Morgan fingerprint density at radius 1 is 1.44 bits per heavy atom. The molecule has 1 amide bonds. The minimum atomic E-state index is -0.0899. The molecule has 2 N–H and O–H groups in total. The van der Waals surface area contributed by atoms with Crippen molar-refractivity contribution in [1.29, 1.82) is 0 Å². The van der Waals surface area contributed by atoms with Crippen LogP contribution in [-0.2, 0) is 4.79 Å². The molecule has 1 aromatic carbocycles. The molecule has 0 bridgehead atoms. The van der Waals surface area contributed by atoms with Crippen molar-refractivity contribution in [3.8, 4) is 5.75 Å². The summed E-state index contributed by atoms with van der Waals surface area (Å²) in [5.41, 5.74) is 1.81. The molecular formula is C13H16N2O2S. The molecule has 1 aromatic rings. The minimum Gasteiger partial charge on any atom is -0.482 e. The fourth-order valence-corrected chi connectivity index (χ4v) is 3.34. The number of ether oxygens (including phenoxy) is 1. The third-order valence-corrected chi connectivity index (χ3v) is 4.36. The van der Waals surface area contributed by atoms with Crippen molar-refractivity contribution >= 4 is 29.0 Å². The Morgan fingerprint density at radius 3 is 3.22 bits per heavy atom. The summed E-state index contributed by atoms with van der Waals surface area (Å²) in [6, 6.07) is 6.40. The van der Waals surface area contributed by atoms with Gasteiger partial charge in [0.2, 0.25) is 0 Å². The number of fused-ring (bicyclic) bond motifs is 1. The summed E-state index contributed by atoms with van der Waals surface area (Å²) in [5.74, 6) is 3.08. The molecule has 2 aliphatic rings. The molecule has 1 saturated heterocycles. The standard InChI is InChI=1S/C13H16N2O2S/c16-13-7-17-12-4-3-9(6-11(12)15-13)14-10-2-1-5-18-8-10/h3-4,6,10,14H,1-2,5,7-8H2,(H,15,16). The van der Waals surface area contributed by atoms with Gasteiger partial charge in [0, 0.05) is 17.5 Å².